The van der Waals surface area contributed by atoms with Crippen LogP contribution in [0.25, 0.3) is 0 Å². The molecular formula is C15H23NO3. The number of hydrogen-bond acceptors (Lipinski definition) is 3. The Bertz CT molecular complexity index is 400. The van der Waals surface area contributed by atoms with Crippen molar-refractivity contribution in [2.24, 2.45) is 5.41 Å². The van der Waals surface area contributed by atoms with Gasteiger partial charge < -0.3 is 9.64 Å². The fraction of sp³-hybridized carbons (Fsp3) is 0.867. The van der Waals surface area contributed by atoms with Crippen molar-refractivity contribution in [3.8, 4) is 0 Å². The summed E-state index contributed by atoms with van der Waals surface area (Å²) in [5.41, 5.74) is -0.209. The van der Waals surface area contributed by atoms with Gasteiger partial charge in [0.25, 0.3) is 0 Å². The first-order valence-electron chi connectivity index (χ1n) is 7.31. The van der Waals surface area contributed by atoms with Gasteiger partial charge in [-0.1, -0.05) is 0 Å². The summed E-state index contributed by atoms with van der Waals surface area (Å²) >= 11 is 0. The number of nitrogens with zero attached hydrogens (tertiary/aromatic N) is 1. The summed E-state index contributed by atoms with van der Waals surface area (Å²) in [6.45, 7) is 5.72. The minimum Gasteiger partial charge on any atom is -0.444 e. The number of ketones is 1. The van der Waals surface area contributed by atoms with E-state index in [-0.39, 0.29) is 11.5 Å². The molecule has 0 aromatic carbocycles. The van der Waals surface area contributed by atoms with Crippen molar-refractivity contribution in [1.82, 2.24) is 4.90 Å². The van der Waals surface area contributed by atoms with Crippen LogP contribution in [0.2, 0.25) is 0 Å². The molecule has 0 unspecified atom stereocenters. The monoisotopic (exact) mass is 265 g/mol. The van der Waals surface area contributed by atoms with Crippen LogP contribution in [0, 0.1) is 5.41 Å². The Kier molecular flexibility index (Phi) is 2.70. The number of Topliss-reactive ketones (excluding diaryl/α,β-unsaturated/α-hetero) is 1. The van der Waals surface area contributed by atoms with Gasteiger partial charge in [0.05, 0.1) is 0 Å². The van der Waals surface area contributed by atoms with Crippen LogP contribution in [0.1, 0.15) is 59.3 Å². The lowest BCUT2D eigenvalue weighted by Crippen LogP contribution is -2.55. The van der Waals surface area contributed by atoms with E-state index < -0.39 is 5.60 Å². The summed E-state index contributed by atoms with van der Waals surface area (Å²) in [5.74, 6) is 0.394. The standard InChI is InChI=1S/C15H23NO3/c1-14(2,3)19-13(18)16-10-4-5-11(16)7-15(6-10)8-12(17)9-15/h10-11H,4-9H2,1-3H3/t10-,11+. The van der Waals surface area contributed by atoms with Gasteiger partial charge in [0.15, 0.2) is 0 Å². The van der Waals surface area contributed by atoms with Gasteiger partial charge in [-0.3, -0.25) is 4.79 Å². The zero-order valence-electron chi connectivity index (χ0n) is 12.1. The summed E-state index contributed by atoms with van der Waals surface area (Å²) in [4.78, 5) is 25.6. The predicted octanol–water partition coefficient (Wildman–Crippen LogP) is 2.90. The number of rotatable bonds is 0. The molecular weight excluding hydrogens is 242 g/mol. The molecule has 19 heavy (non-hydrogen) atoms. The molecule has 106 valence electrons. The maximum absolute atomic E-state index is 12.3. The minimum atomic E-state index is -0.432. The number of fused-ring (bicyclic) bond motifs is 2. The van der Waals surface area contributed by atoms with E-state index in [4.69, 9.17) is 4.74 Å². The molecule has 4 heteroatoms. The Morgan fingerprint density at radius 2 is 1.74 bits per heavy atom. The number of carbonyl (C=O) groups excluding carboxylic acids is 2. The topological polar surface area (TPSA) is 46.6 Å². The lowest BCUT2D eigenvalue weighted by atomic mass is 9.60. The highest BCUT2D eigenvalue weighted by Crippen LogP contribution is 2.54. The van der Waals surface area contributed by atoms with Gasteiger partial charge in [-0.05, 0) is 51.9 Å². The summed E-state index contributed by atoms with van der Waals surface area (Å²) in [6, 6.07) is 0.586. The van der Waals surface area contributed by atoms with Gasteiger partial charge in [0.2, 0.25) is 0 Å². The third-order valence-corrected chi connectivity index (χ3v) is 4.71. The normalized spacial score (nSPS) is 32.4. The van der Waals surface area contributed by atoms with Crippen molar-refractivity contribution >= 4 is 11.9 Å². The zero-order valence-corrected chi connectivity index (χ0v) is 12.1. The second-order valence-corrected chi connectivity index (χ2v) is 7.57. The molecule has 1 saturated carbocycles. The zero-order chi connectivity index (χ0) is 13.8. The van der Waals surface area contributed by atoms with E-state index in [0.717, 1.165) is 38.5 Å². The average molecular weight is 265 g/mol. The summed E-state index contributed by atoms with van der Waals surface area (Å²) < 4.78 is 5.52. The van der Waals surface area contributed by atoms with Crippen molar-refractivity contribution in [2.75, 3.05) is 0 Å². The molecule has 0 aromatic rings. The van der Waals surface area contributed by atoms with E-state index in [1.807, 2.05) is 25.7 Å². The maximum atomic E-state index is 12.3. The van der Waals surface area contributed by atoms with E-state index >= 15 is 0 Å². The van der Waals surface area contributed by atoms with Crippen molar-refractivity contribution in [3.05, 3.63) is 0 Å². The molecule has 2 heterocycles. The molecule has 0 aromatic heterocycles. The fourth-order valence-corrected chi connectivity index (χ4v) is 4.13. The van der Waals surface area contributed by atoms with Crippen LogP contribution in [0.3, 0.4) is 0 Å². The van der Waals surface area contributed by atoms with E-state index in [0.29, 0.717) is 17.9 Å². The summed E-state index contributed by atoms with van der Waals surface area (Å²) in [5, 5.41) is 0. The smallest absolute Gasteiger partial charge is 0.410 e. The fourth-order valence-electron chi connectivity index (χ4n) is 4.13. The molecule has 3 rings (SSSR count). The van der Waals surface area contributed by atoms with Gasteiger partial charge in [-0.2, -0.15) is 0 Å². The van der Waals surface area contributed by atoms with Gasteiger partial charge in [0, 0.05) is 24.9 Å². The van der Waals surface area contributed by atoms with Crippen LogP contribution in [0.15, 0.2) is 0 Å². The number of ether oxygens (including phenoxy) is 1. The molecule has 2 atom stereocenters. The van der Waals surface area contributed by atoms with E-state index in [1.165, 1.54) is 0 Å². The van der Waals surface area contributed by atoms with Crippen LogP contribution in [-0.4, -0.2) is 34.5 Å². The molecule has 3 aliphatic rings. The van der Waals surface area contributed by atoms with Crippen LogP contribution >= 0.6 is 0 Å². The number of piperidine rings is 1. The van der Waals surface area contributed by atoms with Crippen LogP contribution in [-0.2, 0) is 9.53 Å². The quantitative estimate of drug-likeness (QED) is 0.676. The third-order valence-electron chi connectivity index (χ3n) is 4.71. The van der Waals surface area contributed by atoms with Crippen LogP contribution in [0.5, 0.6) is 0 Å². The predicted molar refractivity (Wildman–Crippen MR) is 70.8 cm³/mol. The van der Waals surface area contributed by atoms with Crippen molar-refractivity contribution in [1.29, 1.82) is 0 Å². The largest absolute Gasteiger partial charge is 0.444 e. The van der Waals surface area contributed by atoms with E-state index in [1.54, 1.807) is 0 Å². The SMILES string of the molecule is CC(C)(C)OC(=O)N1[C@@H]2CC[C@H]1CC1(CC(=O)C1)C2. The number of hydrogen-bond donors (Lipinski definition) is 0. The Hall–Kier alpha value is -1.06. The van der Waals surface area contributed by atoms with Crippen molar-refractivity contribution < 1.29 is 14.3 Å². The van der Waals surface area contributed by atoms with Gasteiger partial charge in [0.1, 0.15) is 11.4 Å². The third kappa shape index (κ3) is 2.26. The van der Waals surface area contributed by atoms with E-state index in [2.05, 4.69) is 0 Å². The van der Waals surface area contributed by atoms with Crippen molar-refractivity contribution in [2.45, 2.75) is 77.0 Å². The number of carbonyl (C=O) groups is 2. The second kappa shape index (κ2) is 3.97. The Morgan fingerprint density at radius 3 is 2.16 bits per heavy atom. The van der Waals surface area contributed by atoms with E-state index in [9.17, 15) is 9.59 Å². The molecule has 2 bridgehead atoms. The molecule has 0 radical (unpaired) electrons. The molecule has 1 amide bonds. The van der Waals surface area contributed by atoms with Gasteiger partial charge >= 0.3 is 6.09 Å². The lowest BCUT2D eigenvalue weighted by Gasteiger charge is -2.50. The van der Waals surface area contributed by atoms with Crippen LogP contribution in [0.4, 0.5) is 4.79 Å². The minimum absolute atomic E-state index is 0.166. The molecule has 2 aliphatic heterocycles. The maximum Gasteiger partial charge on any atom is 0.410 e. The Balaban J connectivity index is 1.70. The molecule has 4 nitrogen and oxygen atoms in total. The highest BCUT2D eigenvalue weighted by molar-refractivity contribution is 5.86. The molecule has 0 N–H and O–H groups in total. The Morgan fingerprint density at radius 1 is 1.21 bits per heavy atom. The summed E-state index contributed by atoms with van der Waals surface area (Å²) in [6.07, 6.45) is 5.44. The van der Waals surface area contributed by atoms with Crippen LogP contribution < -0.4 is 0 Å². The number of amides is 1. The van der Waals surface area contributed by atoms with Gasteiger partial charge in [-0.25, -0.2) is 4.79 Å². The van der Waals surface area contributed by atoms with Gasteiger partial charge in [-0.15, -0.1) is 0 Å². The molecule has 3 fully saturated rings. The lowest BCUT2D eigenvalue weighted by molar-refractivity contribution is -0.137. The highest BCUT2D eigenvalue weighted by Gasteiger charge is 2.55. The average Bonchev–Trinajstić information content (AvgIpc) is 2.47. The Labute approximate surface area is 114 Å². The second-order valence-electron chi connectivity index (χ2n) is 7.57. The molecule has 2 saturated heterocycles. The van der Waals surface area contributed by atoms with Crippen molar-refractivity contribution in [3.63, 3.8) is 0 Å². The molecule has 1 spiro atoms. The highest BCUT2D eigenvalue weighted by atomic mass is 16.6. The first kappa shape index (κ1) is 12.9. The first-order valence-corrected chi connectivity index (χ1v) is 7.31. The summed E-state index contributed by atoms with van der Waals surface area (Å²) in [7, 11) is 0. The molecule has 1 aliphatic carbocycles. The first-order chi connectivity index (χ1) is 8.78.